The third kappa shape index (κ3) is 2.88. The molecule has 0 aromatic heterocycles. The molecule has 0 saturated carbocycles. The molecule has 0 bridgehead atoms. The van der Waals surface area contributed by atoms with Crippen molar-refractivity contribution in [3.63, 3.8) is 0 Å². The van der Waals surface area contributed by atoms with E-state index in [4.69, 9.17) is 23.2 Å². The summed E-state index contributed by atoms with van der Waals surface area (Å²) in [6.07, 6.45) is 2.71. The lowest BCUT2D eigenvalue weighted by atomic mass is 9.89. The number of carbonyl (C=O) groups excluding carboxylic acids is 2. The number of nitrogens with zero attached hydrogens (tertiary/aromatic N) is 2. The molecule has 5 nitrogen and oxygen atoms in total. The van der Waals surface area contributed by atoms with Crippen molar-refractivity contribution >= 4 is 40.6 Å². The van der Waals surface area contributed by atoms with Gasteiger partial charge < -0.3 is 10.2 Å². The van der Waals surface area contributed by atoms with E-state index in [0.29, 0.717) is 27.9 Å². The highest BCUT2D eigenvalue weighted by molar-refractivity contribution is 6.36. The van der Waals surface area contributed by atoms with Gasteiger partial charge in [-0.1, -0.05) is 47.5 Å². The fraction of sp³-hybridized carbons (Fsp3) is 0.304. The Bertz CT molecular complexity index is 1070. The fourth-order valence-electron chi connectivity index (χ4n) is 5.13. The van der Waals surface area contributed by atoms with Gasteiger partial charge in [-0.15, -0.1) is 0 Å². The van der Waals surface area contributed by atoms with Gasteiger partial charge in [0.05, 0.1) is 0 Å². The molecule has 7 heteroatoms. The van der Waals surface area contributed by atoms with E-state index in [9.17, 15) is 9.59 Å². The summed E-state index contributed by atoms with van der Waals surface area (Å²) in [5.74, 6) is -0.450. The zero-order valence-electron chi connectivity index (χ0n) is 16.3. The number of halogens is 2. The monoisotopic (exact) mass is 441 g/mol. The Hall–Kier alpha value is -2.34. The maximum Gasteiger partial charge on any atom is 0.272 e. The molecule has 0 radical (unpaired) electrons. The van der Waals surface area contributed by atoms with Crippen LogP contribution in [0.3, 0.4) is 0 Å². The molecular formula is C23H21Cl2N3O2. The quantitative estimate of drug-likeness (QED) is 0.777. The van der Waals surface area contributed by atoms with E-state index in [1.165, 1.54) is 0 Å². The molecule has 2 amide bonds. The first-order valence-electron chi connectivity index (χ1n) is 10.2. The number of carbonyl (C=O) groups is 2. The maximum absolute atomic E-state index is 13.6. The number of hydrogen-bond acceptors (Lipinski definition) is 3. The molecule has 1 unspecified atom stereocenters. The number of hydrogen-bond donors (Lipinski definition) is 1. The van der Waals surface area contributed by atoms with E-state index in [1.807, 2.05) is 17.0 Å². The molecule has 1 atom stereocenters. The van der Waals surface area contributed by atoms with Crippen LogP contribution in [-0.4, -0.2) is 46.9 Å². The van der Waals surface area contributed by atoms with E-state index in [1.54, 1.807) is 36.4 Å². The zero-order chi connectivity index (χ0) is 20.9. The molecule has 1 spiro atoms. The van der Waals surface area contributed by atoms with Crippen molar-refractivity contribution in [2.75, 3.05) is 19.6 Å². The standard InChI is InChI=1S/C23H21Cl2N3O2/c24-16-8-9-17(18(25)14-16)19-20(26-21(29)15-6-2-1-3-7-15)22(30)28-13-5-12-27-11-4-10-23(19,27)28/h1-3,6-9,14H,4-5,10-13H2,(H,26,29). The smallest absolute Gasteiger partial charge is 0.272 e. The minimum Gasteiger partial charge on any atom is -0.317 e. The fourth-order valence-corrected chi connectivity index (χ4v) is 5.63. The van der Waals surface area contributed by atoms with Gasteiger partial charge in [0.1, 0.15) is 11.4 Å². The summed E-state index contributed by atoms with van der Waals surface area (Å²) in [6, 6.07) is 14.2. The number of nitrogens with one attached hydrogen (secondary N) is 1. The highest BCUT2D eigenvalue weighted by Gasteiger charge is 2.59. The van der Waals surface area contributed by atoms with Gasteiger partial charge in [0, 0.05) is 46.4 Å². The predicted molar refractivity (Wildman–Crippen MR) is 117 cm³/mol. The summed E-state index contributed by atoms with van der Waals surface area (Å²) in [4.78, 5) is 30.8. The summed E-state index contributed by atoms with van der Waals surface area (Å²) in [7, 11) is 0. The Labute approximate surface area is 185 Å². The van der Waals surface area contributed by atoms with Crippen LogP contribution in [0.15, 0.2) is 54.2 Å². The van der Waals surface area contributed by atoms with E-state index < -0.39 is 5.66 Å². The molecule has 2 aromatic carbocycles. The molecular weight excluding hydrogens is 421 g/mol. The molecule has 30 heavy (non-hydrogen) atoms. The van der Waals surface area contributed by atoms with Crippen molar-refractivity contribution < 1.29 is 9.59 Å². The summed E-state index contributed by atoms with van der Waals surface area (Å²) in [5, 5.41) is 3.94. The van der Waals surface area contributed by atoms with E-state index in [0.717, 1.165) is 43.5 Å². The predicted octanol–water partition coefficient (Wildman–Crippen LogP) is 4.17. The summed E-state index contributed by atoms with van der Waals surface area (Å²) >= 11 is 12.8. The van der Waals surface area contributed by atoms with Gasteiger partial charge in [0.2, 0.25) is 0 Å². The molecule has 1 N–H and O–H groups in total. The SMILES string of the molecule is O=C(NC1=C(c2ccc(Cl)cc2Cl)C23CCCN2CCCN3C1=O)c1ccccc1. The van der Waals surface area contributed by atoms with Gasteiger partial charge in [0.15, 0.2) is 0 Å². The lowest BCUT2D eigenvalue weighted by Gasteiger charge is -2.48. The van der Waals surface area contributed by atoms with Gasteiger partial charge in [-0.3, -0.25) is 14.5 Å². The van der Waals surface area contributed by atoms with Crippen LogP contribution in [0.25, 0.3) is 5.57 Å². The average Bonchev–Trinajstić information content (AvgIpc) is 3.28. The lowest BCUT2D eigenvalue weighted by molar-refractivity contribution is -0.137. The second kappa shape index (κ2) is 7.41. The topological polar surface area (TPSA) is 52.7 Å². The van der Waals surface area contributed by atoms with Crippen LogP contribution in [0.2, 0.25) is 10.0 Å². The normalized spacial score (nSPS) is 23.5. The first-order valence-corrected chi connectivity index (χ1v) is 10.9. The molecule has 2 saturated heterocycles. The van der Waals surface area contributed by atoms with Gasteiger partial charge in [-0.2, -0.15) is 0 Å². The van der Waals surface area contributed by atoms with Crippen LogP contribution in [-0.2, 0) is 4.79 Å². The molecule has 154 valence electrons. The Morgan fingerprint density at radius 2 is 1.77 bits per heavy atom. The van der Waals surface area contributed by atoms with Crippen molar-refractivity contribution in [2.24, 2.45) is 0 Å². The van der Waals surface area contributed by atoms with Gasteiger partial charge in [-0.05, 0) is 43.5 Å². The molecule has 0 aliphatic carbocycles. The third-order valence-corrected chi connectivity index (χ3v) is 6.87. The molecule has 3 aliphatic rings. The maximum atomic E-state index is 13.6. The highest BCUT2D eigenvalue weighted by atomic mass is 35.5. The number of benzene rings is 2. The summed E-state index contributed by atoms with van der Waals surface area (Å²) in [6.45, 7) is 2.49. The third-order valence-electron chi connectivity index (χ3n) is 6.32. The van der Waals surface area contributed by atoms with Crippen molar-refractivity contribution in [3.05, 3.63) is 75.4 Å². The van der Waals surface area contributed by atoms with Crippen LogP contribution in [0.5, 0.6) is 0 Å². The lowest BCUT2D eigenvalue weighted by Crippen LogP contribution is -2.60. The summed E-state index contributed by atoms with van der Waals surface area (Å²) < 4.78 is 0. The second-order valence-corrected chi connectivity index (χ2v) is 8.76. The molecule has 3 aliphatic heterocycles. The van der Waals surface area contributed by atoms with Gasteiger partial charge >= 0.3 is 0 Å². The van der Waals surface area contributed by atoms with E-state index >= 15 is 0 Å². The molecule has 5 rings (SSSR count). The summed E-state index contributed by atoms with van der Waals surface area (Å²) in [5.41, 5.74) is 1.79. The van der Waals surface area contributed by atoms with E-state index in [-0.39, 0.29) is 11.8 Å². The molecule has 2 fully saturated rings. The van der Waals surface area contributed by atoms with Crippen LogP contribution < -0.4 is 5.32 Å². The van der Waals surface area contributed by atoms with Crippen molar-refractivity contribution in [1.82, 2.24) is 15.1 Å². The number of amides is 2. The minimum absolute atomic E-state index is 0.146. The highest BCUT2D eigenvalue weighted by Crippen LogP contribution is 2.52. The van der Waals surface area contributed by atoms with Crippen molar-refractivity contribution in [1.29, 1.82) is 0 Å². The second-order valence-electron chi connectivity index (χ2n) is 7.91. The average molecular weight is 442 g/mol. The van der Waals surface area contributed by atoms with Crippen LogP contribution in [0, 0.1) is 0 Å². The Kier molecular flexibility index (Phi) is 4.85. The molecule has 2 aromatic rings. The Morgan fingerprint density at radius 1 is 1.00 bits per heavy atom. The Morgan fingerprint density at radius 3 is 2.53 bits per heavy atom. The van der Waals surface area contributed by atoms with Crippen molar-refractivity contribution in [2.45, 2.75) is 24.9 Å². The zero-order valence-corrected chi connectivity index (χ0v) is 17.8. The van der Waals surface area contributed by atoms with Crippen molar-refractivity contribution in [3.8, 4) is 0 Å². The Balaban J connectivity index is 1.69. The number of rotatable bonds is 3. The van der Waals surface area contributed by atoms with Crippen LogP contribution >= 0.6 is 23.2 Å². The van der Waals surface area contributed by atoms with E-state index in [2.05, 4.69) is 10.2 Å². The molecule has 3 heterocycles. The van der Waals surface area contributed by atoms with Crippen LogP contribution in [0.1, 0.15) is 35.2 Å². The van der Waals surface area contributed by atoms with Crippen LogP contribution in [0.4, 0.5) is 0 Å². The van der Waals surface area contributed by atoms with Gasteiger partial charge in [-0.25, -0.2) is 0 Å². The largest absolute Gasteiger partial charge is 0.317 e. The minimum atomic E-state index is -0.563. The van der Waals surface area contributed by atoms with Gasteiger partial charge in [0.25, 0.3) is 11.8 Å². The first kappa shape index (κ1) is 19.6. The first-order chi connectivity index (χ1) is 14.5.